The molecule has 0 aliphatic carbocycles. The Hall–Kier alpha value is -2.14. The summed E-state index contributed by atoms with van der Waals surface area (Å²) in [4.78, 5) is 18.3. The molecule has 20 heavy (non-hydrogen) atoms. The molecule has 5 nitrogen and oxygen atoms in total. The van der Waals surface area contributed by atoms with Crippen LogP contribution in [0.3, 0.4) is 0 Å². The van der Waals surface area contributed by atoms with Crippen molar-refractivity contribution >= 4 is 5.91 Å². The highest BCUT2D eigenvalue weighted by Crippen LogP contribution is 2.25. The number of likely N-dealkylation sites (tertiary alicyclic amines) is 1. The van der Waals surface area contributed by atoms with E-state index in [9.17, 15) is 4.79 Å². The number of oxazole rings is 1. The highest BCUT2D eigenvalue weighted by molar-refractivity contribution is 5.97. The Morgan fingerprint density at radius 2 is 2.15 bits per heavy atom. The number of hydrogen-bond acceptors (Lipinski definition) is 4. The third-order valence-electron chi connectivity index (χ3n) is 3.60. The van der Waals surface area contributed by atoms with Gasteiger partial charge in [0.2, 0.25) is 0 Å². The molecule has 0 bridgehead atoms. The number of amides is 1. The van der Waals surface area contributed by atoms with Gasteiger partial charge in [0.15, 0.2) is 17.8 Å². The average Bonchev–Trinajstić information content (AvgIpc) is 3.07. The van der Waals surface area contributed by atoms with E-state index in [1.54, 1.807) is 4.90 Å². The molecule has 1 amide bonds. The minimum absolute atomic E-state index is 0.0636. The largest absolute Gasteiger partial charge is 0.443 e. The van der Waals surface area contributed by atoms with Crippen LogP contribution < -0.4 is 5.73 Å². The first kappa shape index (κ1) is 12.9. The Labute approximate surface area is 117 Å². The maximum Gasteiger partial charge on any atom is 0.276 e. The number of hydrogen-bond donors (Lipinski definition) is 1. The summed E-state index contributed by atoms with van der Waals surface area (Å²) >= 11 is 0. The first-order valence-corrected chi connectivity index (χ1v) is 6.70. The van der Waals surface area contributed by atoms with Crippen LogP contribution in [0.25, 0.3) is 11.3 Å². The average molecular weight is 271 g/mol. The normalized spacial score (nSPS) is 18.5. The van der Waals surface area contributed by atoms with Gasteiger partial charge < -0.3 is 15.1 Å². The number of carbonyl (C=O) groups is 1. The minimum Gasteiger partial charge on any atom is -0.443 e. The van der Waals surface area contributed by atoms with E-state index >= 15 is 0 Å². The molecule has 1 aliphatic heterocycles. The maximum atomic E-state index is 12.5. The van der Waals surface area contributed by atoms with Crippen molar-refractivity contribution in [3.63, 3.8) is 0 Å². The number of rotatable bonds is 2. The summed E-state index contributed by atoms with van der Waals surface area (Å²) in [5, 5.41) is 0. The highest BCUT2D eigenvalue weighted by atomic mass is 16.3. The van der Waals surface area contributed by atoms with E-state index < -0.39 is 0 Å². The summed E-state index contributed by atoms with van der Waals surface area (Å²) in [6.07, 6.45) is 2.15. The molecule has 1 aliphatic rings. The Morgan fingerprint density at radius 3 is 2.80 bits per heavy atom. The van der Waals surface area contributed by atoms with Gasteiger partial charge in [0, 0.05) is 24.7 Å². The van der Waals surface area contributed by atoms with Crippen LogP contribution in [-0.2, 0) is 0 Å². The monoisotopic (exact) mass is 271 g/mol. The quantitative estimate of drug-likeness (QED) is 0.904. The predicted molar refractivity (Wildman–Crippen MR) is 75.2 cm³/mol. The lowest BCUT2D eigenvalue weighted by Crippen LogP contribution is -2.32. The van der Waals surface area contributed by atoms with Gasteiger partial charge in [-0.3, -0.25) is 4.79 Å². The van der Waals surface area contributed by atoms with Gasteiger partial charge in [-0.1, -0.05) is 29.8 Å². The Kier molecular flexibility index (Phi) is 3.28. The van der Waals surface area contributed by atoms with Crippen LogP contribution in [0.2, 0.25) is 0 Å². The Bertz CT molecular complexity index is 618. The second-order valence-electron chi connectivity index (χ2n) is 5.20. The molecule has 0 saturated carbocycles. The second-order valence-corrected chi connectivity index (χ2v) is 5.20. The summed E-state index contributed by atoms with van der Waals surface area (Å²) in [7, 11) is 0. The number of aryl methyl sites for hydroxylation is 1. The van der Waals surface area contributed by atoms with Gasteiger partial charge in [-0.05, 0) is 13.3 Å². The third-order valence-corrected chi connectivity index (χ3v) is 3.60. The van der Waals surface area contributed by atoms with Gasteiger partial charge >= 0.3 is 0 Å². The molecule has 2 aromatic rings. The fourth-order valence-corrected chi connectivity index (χ4v) is 2.43. The second kappa shape index (κ2) is 5.09. The molecule has 0 unspecified atom stereocenters. The summed E-state index contributed by atoms with van der Waals surface area (Å²) in [6, 6.07) is 7.90. The van der Waals surface area contributed by atoms with Crippen molar-refractivity contribution in [3.8, 4) is 11.3 Å². The maximum absolute atomic E-state index is 12.5. The van der Waals surface area contributed by atoms with E-state index in [0.717, 1.165) is 17.5 Å². The zero-order chi connectivity index (χ0) is 14.1. The molecular weight excluding hydrogens is 254 g/mol. The van der Waals surface area contributed by atoms with E-state index in [0.29, 0.717) is 24.5 Å². The Balaban J connectivity index is 1.90. The van der Waals surface area contributed by atoms with Gasteiger partial charge in [-0.2, -0.15) is 0 Å². The van der Waals surface area contributed by atoms with Crippen LogP contribution in [0.4, 0.5) is 0 Å². The van der Waals surface area contributed by atoms with Crippen LogP contribution in [0.1, 0.15) is 22.5 Å². The van der Waals surface area contributed by atoms with Crippen molar-refractivity contribution in [2.24, 2.45) is 5.73 Å². The van der Waals surface area contributed by atoms with Crippen molar-refractivity contribution in [2.75, 3.05) is 13.1 Å². The van der Waals surface area contributed by atoms with Crippen molar-refractivity contribution in [1.82, 2.24) is 9.88 Å². The molecule has 104 valence electrons. The molecule has 0 spiro atoms. The molecular formula is C15H17N3O2. The van der Waals surface area contributed by atoms with Gasteiger partial charge in [0.05, 0.1) is 0 Å². The smallest absolute Gasteiger partial charge is 0.276 e. The lowest BCUT2D eigenvalue weighted by Gasteiger charge is -2.14. The van der Waals surface area contributed by atoms with Crippen LogP contribution in [-0.4, -0.2) is 34.9 Å². The SMILES string of the molecule is Cc1ccc(-c2ocnc2C(=O)N2CC[C@H](N)C2)cc1. The number of aromatic nitrogens is 1. The molecule has 2 heterocycles. The van der Waals surface area contributed by atoms with E-state index in [1.165, 1.54) is 6.39 Å². The zero-order valence-corrected chi connectivity index (χ0v) is 11.4. The summed E-state index contributed by atoms with van der Waals surface area (Å²) in [6.45, 7) is 3.28. The number of nitrogens with two attached hydrogens (primary N) is 1. The van der Waals surface area contributed by atoms with E-state index in [-0.39, 0.29) is 11.9 Å². The molecule has 1 aromatic heterocycles. The van der Waals surface area contributed by atoms with Crippen LogP contribution in [0.5, 0.6) is 0 Å². The highest BCUT2D eigenvalue weighted by Gasteiger charge is 2.28. The van der Waals surface area contributed by atoms with Crippen LogP contribution >= 0.6 is 0 Å². The number of carbonyl (C=O) groups excluding carboxylic acids is 1. The van der Waals surface area contributed by atoms with Crippen molar-refractivity contribution in [2.45, 2.75) is 19.4 Å². The fourth-order valence-electron chi connectivity index (χ4n) is 2.43. The molecule has 1 aromatic carbocycles. The van der Waals surface area contributed by atoms with E-state index in [2.05, 4.69) is 4.98 Å². The summed E-state index contributed by atoms with van der Waals surface area (Å²) in [5.41, 5.74) is 8.23. The third kappa shape index (κ3) is 2.32. The topological polar surface area (TPSA) is 72.4 Å². The Morgan fingerprint density at radius 1 is 1.40 bits per heavy atom. The van der Waals surface area contributed by atoms with Gasteiger partial charge in [-0.25, -0.2) is 4.98 Å². The molecule has 0 radical (unpaired) electrons. The fraction of sp³-hybridized carbons (Fsp3) is 0.333. The van der Waals surface area contributed by atoms with Crippen molar-refractivity contribution < 1.29 is 9.21 Å². The van der Waals surface area contributed by atoms with Gasteiger partial charge in [-0.15, -0.1) is 0 Å². The van der Waals surface area contributed by atoms with Crippen LogP contribution in [0, 0.1) is 6.92 Å². The van der Waals surface area contributed by atoms with Gasteiger partial charge in [0.25, 0.3) is 5.91 Å². The van der Waals surface area contributed by atoms with E-state index in [4.69, 9.17) is 10.2 Å². The lowest BCUT2D eigenvalue weighted by molar-refractivity contribution is 0.0786. The minimum atomic E-state index is -0.109. The first-order chi connectivity index (χ1) is 9.65. The van der Waals surface area contributed by atoms with Crippen molar-refractivity contribution in [3.05, 3.63) is 41.9 Å². The predicted octanol–water partition coefficient (Wildman–Crippen LogP) is 1.82. The summed E-state index contributed by atoms with van der Waals surface area (Å²) in [5.74, 6) is 0.415. The molecule has 1 saturated heterocycles. The first-order valence-electron chi connectivity index (χ1n) is 6.70. The molecule has 5 heteroatoms. The number of benzene rings is 1. The molecule has 1 fully saturated rings. The zero-order valence-electron chi connectivity index (χ0n) is 11.4. The van der Waals surface area contributed by atoms with E-state index in [1.807, 2.05) is 31.2 Å². The molecule has 3 rings (SSSR count). The van der Waals surface area contributed by atoms with Gasteiger partial charge in [0.1, 0.15) is 0 Å². The molecule has 1 atom stereocenters. The lowest BCUT2D eigenvalue weighted by atomic mass is 10.1. The number of nitrogens with zero attached hydrogens (tertiary/aromatic N) is 2. The van der Waals surface area contributed by atoms with Crippen LogP contribution in [0.15, 0.2) is 35.1 Å². The summed E-state index contributed by atoms with van der Waals surface area (Å²) < 4.78 is 5.41. The van der Waals surface area contributed by atoms with Crippen molar-refractivity contribution in [1.29, 1.82) is 0 Å². The standard InChI is InChI=1S/C15H17N3O2/c1-10-2-4-11(5-3-10)14-13(17-9-20-14)15(19)18-7-6-12(16)8-18/h2-5,9,12H,6-8,16H2,1H3/t12-/m0/s1. The molecule has 2 N–H and O–H groups in total.